The normalized spacial score (nSPS) is 48.3. The van der Waals surface area contributed by atoms with Crippen LogP contribution in [0.1, 0.15) is 58.3 Å². The molecule has 3 unspecified atom stereocenters. The smallest absolute Gasteiger partial charge is 0.156 e. The fourth-order valence-corrected chi connectivity index (χ4v) is 7.66. The van der Waals surface area contributed by atoms with Crippen LogP contribution in [0.25, 0.3) is 0 Å². The third kappa shape index (κ3) is 1.98. The zero-order valence-corrected chi connectivity index (χ0v) is 15.4. The van der Waals surface area contributed by atoms with Gasteiger partial charge in [0.1, 0.15) is 0 Å². The van der Waals surface area contributed by atoms with Crippen LogP contribution in [0.4, 0.5) is 0 Å². The summed E-state index contributed by atoms with van der Waals surface area (Å²) in [7, 11) is 0. The van der Waals surface area contributed by atoms with Crippen LogP contribution in [0.15, 0.2) is 36.0 Å². The Morgan fingerprint density at radius 1 is 1.24 bits per heavy atom. The van der Waals surface area contributed by atoms with E-state index in [1.54, 1.807) is 0 Å². The molecule has 4 aliphatic carbocycles. The molecule has 3 saturated carbocycles. The second-order valence-corrected chi connectivity index (χ2v) is 9.14. The van der Waals surface area contributed by atoms with Gasteiger partial charge in [-0.25, -0.2) is 0 Å². The molecule has 0 N–H and O–H groups in total. The van der Waals surface area contributed by atoms with Crippen molar-refractivity contribution in [1.29, 1.82) is 0 Å². The van der Waals surface area contributed by atoms with Crippen molar-refractivity contribution in [3.63, 3.8) is 0 Å². The third-order valence-corrected chi connectivity index (χ3v) is 8.65. The van der Waals surface area contributed by atoms with Gasteiger partial charge in [-0.1, -0.05) is 31.2 Å². The predicted octanol–water partition coefficient (Wildman–Crippen LogP) is 5.01. The molecule has 0 aromatic rings. The average molecular weight is 338 g/mol. The molecule has 0 radical (unpaired) electrons. The highest BCUT2D eigenvalue weighted by Gasteiger charge is 2.64. The van der Waals surface area contributed by atoms with E-state index in [2.05, 4.69) is 25.7 Å². The van der Waals surface area contributed by atoms with Gasteiger partial charge in [0.25, 0.3) is 0 Å². The fourth-order valence-electron chi connectivity index (χ4n) is 7.66. The minimum absolute atomic E-state index is 0.0113. The van der Waals surface area contributed by atoms with Crippen molar-refractivity contribution in [1.82, 2.24) is 0 Å². The van der Waals surface area contributed by atoms with E-state index in [1.807, 2.05) is 6.08 Å². The Labute approximate surface area is 151 Å². The Bertz CT molecular complexity index is 686. The zero-order chi connectivity index (χ0) is 17.2. The maximum absolute atomic E-state index is 11.9. The first-order chi connectivity index (χ1) is 12.1. The lowest BCUT2D eigenvalue weighted by Gasteiger charge is -2.57. The van der Waals surface area contributed by atoms with E-state index in [0.717, 1.165) is 43.6 Å². The number of ether oxygens (including phenoxy) is 1. The molecule has 3 fully saturated rings. The summed E-state index contributed by atoms with van der Waals surface area (Å²) in [5.41, 5.74) is 2.91. The molecule has 0 aromatic heterocycles. The monoisotopic (exact) mass is 338 g/mol. The van der Waals surface area contributed by atoms with Crippen LogP contribution in [0.2, 0.25) is 0 Å². The van der Waals surface area contributed by atoms with Gasteiger partial charge in [-0.05, 0) is 80.3 Å². The molecule has 2 nitrogen and oxygen atoms in total. The number of allylic oxidation sites excluding steroid dienone is 2. The first kappa shape index (κ1) is 16.1. The van der Waals surface area contributed by atoms with Crippen molar-refractivity contribution in [2.24, 2.45) is 29.1 Å². The summed E-state index contributed by atoms with van der Waals surface area (Å²) in [5.74, 6) is 3.17. The zero-order valence-electron chi connectivity index (χ0n) is 15.4. The molecular formula is C23H30O2. The van der Waals surface area contributed by atoms with Crippen molar-refractivity contribution < 1.29 is 9.53 Å². The number of hydrogen-bond donors (Lipinski definition) is 0. The predicted molar refractivity (Wildman–Crippen MR) is 99.1 cm³/mol. The molecule has 0 bridgehead atoms. The van der Waals surface area contributed by atoms with Crippen LogP contribution in [-0.4, -0.2) is 18.0 Å². The van der Waals surface area contributed by atoms with E-state index in [1.165, 1.54) is 43.3 Å². The van der Waals surface area contributed by atoms with Crippen molar-refractivity contribution >= 4 is 5.78 Å². The molecule has 1 spiro atoms. The summed E-state index contributed by atoms with van der Waals surface area (Å²) in [6.07, 6.45) is 15.8. The van der Waals surface area contributed by atoms with Gasteiger partial charge >= 0.3 is 0 Å². The minimum Gasteiger partial charge on any atom is -0.366 e. The van der Waals surface area contributed by atoms with Crippen molar-refractivity contribution in [3.05, 3.63) is 36.0 Å². The van der Waals surface area contributed by atoms with Gasteiger partial charge in [0.2, 0.25) is 0 Å². The Morgan fingerprint density at radius 2 is 2.12 bits per heavy atom. The SMILES string of the molecule is C=C1CC2C(CC[C@@]3(CC)C2CC[C@@]32C=CCO2)[C@H]2CCC(=O)C=C12. The molecular weight excluding hydrogens is 308 g/mol. The number of carbonyl (C=O) groups is 1. The van der Waals surface area contributed by atoms with E-state index in [-0.39, 0.29) is 5.60 Å². The summed E-state index contributed by atoms with van der Waals surface area (Å²) in [5, 5.41) is 0. The first-order valence-corrected chi connectivity index (χ1v) is 10.3. The summed E-state index contributed by atoms with van der Waals surface area (Å²) < 4.78 is 6.40. The van der Waals surface area contributed by atoms with Crippen LogP contribution < -0.4 is 0 Å². The van der Waals surface area contributed by atoms with Gasteiger partial charge in [-0.3, -0.25) is 4.79 Å². The third-order valence-electron chi connectivity index (χ3n) is 8.65. The molecule has 0 saturated heterocycles. The summed E-state index contributed by atoms with van der Waals surface area (Å²) in [4.78, 5) is 11.9. The average Bonchev–Trinajstić information content (AvgIpc) is 3.22. The minimum atomic E-state index is 0.0113. The number of carbonyl (C=O) groups excluding carboxylic acids is 1. The van der Waals surface area contributed by atoms with Crippen molar-refractivity contribution in [2.45, 2.75) is 63.9 Å². The summed E-state index contributed by atoms with van der Waals surface area (Å²) >= 11 is 0. The van der Waals surface area contributed by atoms with E-state index in [0.29, 0.717) is 17.1 Å². The molecule has 5 aliphatic rings. The van der Waals surface area contributed by atoms with Crippen LogP contribution >= 0.6 is 0 Å². The molecule has 5 rings (SSSR count). The van der Waals surface area contributed by atoms with Crippen LogP contribution in [0, 0.1) is 29.1 Å². The van der Waals surface area contributed by atoms with E-state index in [4.69, 9.17) is 4.74 Å². The number of rotatable bonds is 1. The molecule has 6 atom stereocenters. The van der Waals surface area contributed by atoms with Crippen LogP contribution in [-0.2, 0) is 9.53 Å². The molecule has 2 heteroatoms. The Hall–Kier alpha value is -1.15. The van der Waals surface area contributed by atoms with E-state index in [9.17, 15) is 4.79 Å². The first-order valence-electron chi connectivity index (χ1n) is 10.3. The van der Waals surface area contributed by atoms with Gasteiger partial charge in [0.15, 0.2) is 5.78 Å². The Kier molecular flexibility index (Phi) is 3.48. The van der Waals surface area contributed by atoms with E-state index < -0.39 is 0 Å². The molecule has 0 amide bonds. The standard InChI is InChI=1S/C23H30O2/c1-3-22-10-7-18-17-6-5-16(24)14-19(17)15(2)13-20(18)21(22)8-11-23(22)9-4-12-25-23/h4,9,14,17-18,20-21H,2-3,5-8,10-13H2,1H3/t17-,18?,20?,21?,22+,23+/m1/s1. The molecule has 0 aromatic carbocycles. The number of ketones is 1. The Morgan fingerprint density at radius 3 is 2.88 bits per heavy atom. The molecule has 1 aliphatic heterocycles. The van der Waals surface area contributed by atoms with Crippen LogP contribution in [0.5, 0.6) is 0 Å². The molecule has 1 heterocycles. The van der Waals surface area contributed by atoms with Gasteiger partial charge in [0, 0.05) is 11.8 Å². The van der Waals surface area contributed by atoms with Gasteiger partial charge in [-0.15, -0.1) is 0 Å². The highest BCUT2D eigenvalue weighted by atomic mass is 16.5. The van der Waals surface area contributed by atoms with E-state index >= 15 is 0 Å². The molecule has 134 valence electrons. The number of hydrogen-bond acceptors (Lipinski definition) is 2. The van der Waals surface area contributed by atoms with Crippen LogP contribution in [0.3, 0.4) is 0 Å². The largest absolute Gasteiger partial charge is 0.366 e. The highest BCUT2D eigenvalue weighted by molar-refractivity contribution is 5.92. The Balaban J connectivity index is 1.52. The topological polar surface area (TPSA) is 26.3 Å². The molecule has 25 heavy (non-hydrogen) atoms. The quantitative estimate of drug-likeness (QED) is 0.628. The maximum Gasteiger partial charge on any atom is 0.156 e. The van der Waals surface area contributed by atoms with Gasteiger partial charge in [-0.2, -0.15) is 0 Å². The van der Waals surface area contributed by atoms with Gasteiger partial charge < -0.3 is 4.74 Å². The summed E-state index contributed by atoms with van der Waals surface area (Å²) in [6.45, 7) is 7.60. The van der Waals surface area contributed by atoms with Gasteiger partial charge in [0.05, 0.1) is 12.2 Å². The van der Waals surface area contributed by atoms with Crippen molar-refractivity contribution in [2.75, 3.05) is 6.61 Å². The maximum atomic E-state index is 11.9. The fraction of sp³-hybridized carbons (Fsp3) is 0.696. The lowest BCUT2D eigenvalue weighted by Crippen LogP contribution is -2.53. The highest BCUT2D eigenvalue weighted by Crippen LogP contribution is 2.68. The lowest BCUT2D eigenvalue weighted by atomic mass is 9.49. The second-order valence-electron chi connectivity index (χ2n) is 9.14. The second kappa shape index (κ2) is 5.42. The van der Waals surface area contributed by atoms with Crippen molar-refractivity contribution in [3.8, 4) is 0 Å². The summed E-state index contributed by atoms with van der Waals surface area (Å²) in [6, 6.07) is 0. The number of fused-ring (bicyclic) bond motifs is 6. The lowest BCUT2D eigenvalue weighted by molar-refractivity contribution is -0.122.